The van der Waals surface area contributed by atoms with Crippen LogP contribution in [0.3, 0.4) is 0 Å². The molecule has 140 valence electrons. The highest BCUT2D eigenvalue weighted by molar-refractivity contribution is 6.34. The first-order valence-electron chi connectivity index (χ1n) is 9.15. The molecule has 0 spiro atoms. The Bertz CT molecular complexity index is 1200. The molecule has 0 bridgehead atoms. The van der Waals surface area contributed by atoms with E-state index in [0.29, 0.717) is 10.8 Å². The predicted octanol–water partition coefficient (Wildman–Crippen LogP) is 4.87. The van der Waals surface area contributed by atoms with E-state index in [1.807, 2.05) is 42.5 Å². The molecule has 2 aromatic carbocycles. The number of anilines is 1. The Balaban J connectivity index is 1.42. The van der Waals surface area contributed by atoms with Crippen molar-refractivity contribution in [2.24, 2.45) is 0 Å². The van der Waals surface area contributed by atoms with Crippen molar-refractivity contribution in [2.75, 3.05) is 11.9 Å². The molecule has 1 aliphatic rings. The number of rotatable bonds is 3. The van der Waals surface area contributed by atoms with Crippen molar-refractivity contribution in [3.8, 4) is 0 Å². The van der Waals surface area contributed by atoms with Gasteiger partial charge in [0.15, 0.2) is 0 Å². The molecule has 0 radical (unpaired) electrons. The number of carbonyl (C=O) groups excluding carboxylic acids is 1. The van der Waals surface area contributed by atoms with E-state index in [1.54, 1.807) is 6.07 Å². The Morgan fingerprint density at radius 3 is 2.93 bits per heavy atom. The number of carbonyl (C=O) groups is 1. The standard InChI is InChI=1S/C21H17ClN4O2/c22-19-14-5-2-1-4-12(14)10-17(24-19)21(27)23-13-7-8-15-16(11-13)26-20(25-15)18-6-3-9-28-18/h1-2,4-5,7-8,10-11,18H,3,6,9H2,(H,23,27)(H,25,26). The number of aromatic amines is 1. The molecule has 2 N–H and O–H groups in total. The number of ether oxygens (including phenoxy) is 1. The summed E-state index contributed by atoms with van der Waals surface area (Å²) in [5.74, 6) is 0.518. The average molecular weight is 393 g/mol. The van der Waals surface area contributed by atoms with Gasteiger partial charge in [-0.3, -0.25) is 4.79 Å². The van der Waals surface area contributed by atoms with Gasteiger partial charge in [-0.25, -0.2) is 9.97 Å². The minimum absolute atomic E-state index is 0.0226. The van der Waals surface area contributed by atoms with Crippen molar-refractivity contribution in [1.82, 2.24) is 15.0 Å². The number of pyridine rings is 1. The van der Waals surface area contributed by atoms with E-state index >= 15 is 0 Å². The van der Waals surface area contributed by atoms with Gasteiger partial charge in [-0.05, 0) is 42.5 Å². The van der Waals surface area contributed by atoms with Crippen LogP contribution in [0.2, 0.25) is 5.15 Å². The number of H-pyrrole nitrogens is 1. The lowest BCUT2D eigenvalue weighted by molar-refractivity contribution is 0.102. The lowest BCUT2D eigenvalue weighted by Gasteiger charge is -2.07. The number of fused-ring (bicyclic) bond motifs is 2. The molecule has 28 heavy (non-hydrogen) atoms. The minimum atomic E-state index is -0.314. The van der Waals surface area contributed by atoms with Gasteiger partial charge in [-0.15, -0.1) is 0 Å². The van der Waals surface area contributed by atoms with Gasteiger partial charge >= 0.3 is 0 Å². The van der Waals surface area contributed by atoms with Crippen molar-refractivity contribution in [1.29, 1.82) is 0 Å². The first kappa shape index (κ1) is 17.2. The van der Waals surface area contributed by atoms with Crippen LogP contribution in [0.4, 0.5) is 5.69 Å². The van der Waals surface area contributed by atoms with Crippen LogP contribution in [0.15, 0.2) is 48.5 Å². The molecule has 2 aromatic heterocycles. The number of imidazole rings is 1. The number of halogens is 1. The molecular weight excluding hydrogens is 376 g/mol. The first-order chi connectivity index (χ1) is 13.7. The van der Waals surface area contributed by atoms with Crippen LogP contribution in [0.25, 0.3) is 21.8 Å². The summed E-state index contributed by atoms with van der Waals surface area (Å²) in [6.07, 6.45) is 2.04. The van der Waals surface area contributed by atoms with Gasteiger partial charge in [0.05, 0.1) is 11.0 Å². The molecule has 1 saturated heterocycles. The lowest BCUT2D eigenvalue weighted by Crippen LogP contribution is -2.13. The highest BCUT2D eigenvalue weighted by atomic mass is 35.5. The summed E-state index contributed by atoms with van der Waals surface area (Å²) in [5, 5.41) is 4.89. The summed E-state index contributed by atoms with van der Waals surface area (Å²) < 4.78 is 5.68. The molecule has 5 rings (SSSR count). The summed E-state index contributed by atoms with van der Waals surface area (Å²) in [7, 11) is 0. The smallest absolute Gasteiger partial charge is 0.274 e. The molecule has 1 aliphatic heterocycles. The number of hydrogen-bond acceptors (Lipinski definition) is 4. The third-order valence-corrected chi connectivity index (χ3v) is 5.21. The lowest BCUT2D eigenvalue weighted by atomic mass is 10.1. The SMILES string of the molecule is O=C(Nc1ccc2nc(C3CCCO3)[nH]c2c1)c1cc2ccccc2c(Cl)n1. The van der Waals surface area contributed by atoms with Gasteiger partial charge in [0.25, 0.3) is 5.91 Å². The van der Waals surface area contributed by atoms with Crippen molar-refractivity contribution >= 4 is 45.0 Å². The molecule has 6 nitrogen and oxygen atoms in total. The van der Waals surface area contributed by atoms with Gasteiger partial charge in [-0.1, -0.05) is 35.9 Å². The number of nitrogens with zero attached hydrogens (tertiary/aromatic N) is 2. The van der Waals surface area contributed by atoms with Crippen LogP contribution in [-0.4, -0.2) is 27.5 Å². The normalized spacial score (nSPS) is 16.7. The molecule has 1 unspecified atom stereocenters. The molecule has 1 fully saturated rings. The number of hydrogen-bond donors (Lipinski definition) is 2. The van der Waals surface area contributed by atoms with E-state index in [4.69, 9.17) is 16.3 Å². The van der Waals surface area contributed by atoms with Crippen molar-refractivity contribution in [2.45, 2.75) is 18.9 Å². The zero-order valence-electron chi connectivity index (χ0n) is 14.9. The fourth-order valence-electron chi connectivity index (χ4n) is 3.52. The van der Waals surface area contributed by atoms with E-state index < -0.39 is 0 Å². The second-order valence-corrected chi connectivity index (χ2v) is 7.19. The number of aromatic nitrogens is 3. The van der Waals surface area contributed by atoms with Crippen LogP contribution in [0, 0.1) is 0 Å². The van der Waals surface area contributed by atoms with Crippen molar-refractivity contribution < 1.29 is 9.53 Å². The Morgan fingerprint density at radius 1 is 1.18 bits per heavy atom. The zero-order valence-corrected chi connectivity index (χ0v) is 15.7. The van der Waals surface area contributed by atoms with Gasteiger partial charge < -0.3 is 15.0 Å². The van der Waals surface area contributed by atoms with Crippen molar-refractivity contribution in [3.63, 3.8) is 0 Å². The molecule has 0 aliphatic carbocycles. The Labute approximate surface area is 165 Å². The van der Waals surface area contributed by atoms with Crippen LogP contribution in [-0.2, 0) is 4.74 Å². The maximum absolute atomic E-state index is 12.7. The topological polar surface area (TPSA) is 79.9 Å². The maximum Gasteiger partial charge on any atom is 0.274 e. The molecule has 0 saturated carbocycles. The van der Waals surface area contributed by atoms with Crippen molar-refractivity contribution in [3.05, 3.63) is 65.2 Å². The summed E-state index contributed by atoms with van der Waals surface area (Å²) in [6, 6.07) is 14.9. The minimum Gasteiger partial charge on any atom is -0.370 e. The first-order valence-corrected chi connectivity index (χ1v) is 9.53. The third-order valence-electron chi connectivity index (χ3n) is 4.92. The van der Waals surface area contributed by atoms with Crippen LogP contribution in [0.5, 0.6) is 0 Å². The Kier molecular flexibility index (Phi) is 4.22. The fourth-order valence-corrected chi connectivity index (χ4v) is 3.78. The molecule has 1 atom stereocenters. The third kappa shape index (κ3) is 3.10. The van der Waals surface area contributed by atoms with E-state index in [0.717, 1.165) is 47.1 Å². The molecule has 4 aromatic rings. The van der Waals surface area contributed by atoms with Gasteiger partial charge in [-0.2, -0.15) is 0 Å². The summed E-state index contributed by atoms with van der Waals surface area (Å²) in [5.41, 5.74) is 2.63. The maximum atomic E-state index is 12.7. The Morgan fingerprint density at radius 2 is 2.07 bits per heavy atom. The van der Waals surface area contributed by atoms with E-state index in [2.05, 4.69) is 20.3 Å². The Hall–Kier alpha value is -2.96. The summed E-state index contributed by atoms with van der Waals surface area (Å²) >= 11 is 6.24. The van der Waals surface area contributed by atoms with E-state index in [9.17, 15) is 4.79 Å². The van der Waals surface area contributed by atoms with Gasteiger partial charge in [0.2, 0.25) is 0 Å². The zero-order chi connectivity index (χ0) is 19.1. The molecule has 7 heteroatoms. The highest BCUT2D eigenvalue weighted by Crippen LogP contribution is 2.29. The molecule has 3 heterocycles. The predicted molar refractivity (Wildman–Crippen MR) is 109 cm³/mol. The number of amides is 1. The van der Waals surface area contributed by atoms with E-state index in [-0.39, 0.29) is 17.7 Å². The fraction of sp³-hybridized carbons (Fsp3) is 0.190. The second kappa shape index (κ2) is 6.89. The van der Waals surface area contributed by atoms with Gasteiger partial charge in [0, 0.05) is 17.7 Å². The largest absolute Gasteiger partial charge is 0.370 e. The summed E-state index contributed by atoms with van der Waals surface area (Å²) in [6.45, 7) is 0.768. The average Bonchev–Trinajstić information content (AvgIpc) is 3.37. The number of benzene rings is 2. The van der Waals surface area contributed by atoms with E-state index in [1.165, 1.54) is 0 Å². The monoisotopic (exact) mass is 392 g/mol. The number of nitrogens with one attached hydrogen (secondary N) is 2. The molecule has 1 amide bonds. The summed E-state index contributed by atoms with van der Waals surface area (Å²) in [4.78, 5) is 24.8. The second-order valence-electron chi connectivity index (χ2n) is 6.83. The quantitative estimate of drug-likeness (QED) is 0.487. The highest BCUT2D eigenvalue weighted by Gasteiger charge is 2.21. The van der Waals surface area contributed by atoms with Crippen LogP contribution in [0.1, 0.15) is 35.3 Å². The molecular formula is C21H17ClN4O2. The van der Waals surface area contributed by atoms with Gasteiger partial charge in [0.1, 0.15) is 22.8 Å². The van der Waals surface area contributed by atoms with Crippen LogP contribution >= 0.6 is 11.6 Å². The van der Waals surface area contributed by atoms with Crippen LogP contribution < -0.4 is 5.32 Å².